The maximum absolute atomic E-state index is 5.72. The summed E-state index contributed by atoms with van der Waals surface area (Å²) < 4.78 is 11.4. The van der Waals surface area contributed by atoms with Crippen LogP contribution in [-0.4, -0.2) is 17.3 Å². The largest absolute Gasteiger partial charge is 0.473 e. The minimum Gasteiger partial charge on any atom is -0.473 e. The Kier molecular flexibility index (Phi) is 5.35. The van der Waals surface area contributed by atoms with Gasteiger partial charge in [0.2, 0.25) is 5.88 Å². The highest BCUT2D eigenvalue weighted by atomic mass is 32.2. The summed E-state index contributed by atoms with van der Waals surface area (Å²) in [5.41, 5.74) is 0.879. The van der Waals surface area contributed by atoms with Crippen molar-refractivity contribution in [3.63, 3.8) is 0 Å². The Balaban J connectivity index is 1.99. The minimum atomic E-state index is 0.0993. The molecule has 5 heteroatoms. The molecule has 0 unspecified atom stereocenters. The highest BCUT2D eigenvalue weighted by Gasteiger charge is 2.07. The van der Waals surface area contributed by atoms with Gasteiger partial charge >= 0.3 is 0 Å². The third-order valence-electron chi connectivity index (χ3n) is 2.58. The zero-order chi connectivity index (χ0) is 14.4. The molecule has 2 heterocycles. The van der Waals surface area contributed by atoms with E-state index in [2.05, 4.69) is 16.6 Å². The van der Waals surface area contributed by atoms with Crippen molar-refractivity contribution in [2.75, 3.05) is 11.6 Å². The Morgan fingerprint density at radius 3 is 2.85 bits per heavy atom. The quantitative estimate of drug-likeness (QED) is 0.837. The number of hydrogen-bond donors (Lipinski definition) is 1. The number of furan rings is 1. The van der Waals surface area contributed by atoms with Crippen LogP contribution >= 0.6 is 11.8 Å². The van der Waals surface area contributed by atoms with E-state index in [1.165, 1.54) is 0 Å². The minimum absolute atomic E-state index is 0.0993. The molecule has 0 aliphatic rings. The maximum atomic E-state index is 5.72. The van der Waals surface area contributed by atoms with E-state index in [-0.39, 0.29) is 6.10 Å². The normalized spacial score (nSPS) is 10.8. The molecule has 20 heavy (non-hydrogen) atoms. The zero-order valence-electron chi connectivity index (χ0n) is 12.1. The van der Waals surface area contributed by atoms with Crippen LogP contribution in [0.1, 0.15) is 25.4 Å². The molecule has 0 aromatic carbocycles. The maximum Gasteiger partial charge on any atom is 0.237 e. The fourth-order valence-corrected chi connectivity index (χ4v) is 2.20. The molecule has 2 aromatic rings. The predicted molar refractivity (Wildman–Crippen MR) is 83.3 cm³/mol. The molecular weight excluding hydrogens is 272 g/mol. The lowest BCUT2D eigenvalue weighted by Gasteiger charge is -2.13. The lowest BCUT2D eigenvalue weighted by Crippen LogP contribution is -2.09. The number of nitrogens with one attached hydrogen (secondary N) is 1. The van der Waals surface area contributed by atoms with Gasteiger partial charge in [0.1, 0.15) is 11.5 Å². The molecular formula is C15H20N2O2S. The summed E-state index contributed by atoms with van der Waals surface area (Å²) in [7, 11) is 0. The molecule has 0 saturated carbocycles. The van der Waals surface area contributed by atoms with Crippen LogP contribution in [-0.2, 0) is 12.3 Å². The van der Waals surface area contributed by atoms with Crippen LogP contribution in [0.2, 0.25) is 0 Å². The van der Waals surface area contributed by atoms with Gasteiger partial charge in [0.25, 0.3) is 0 Å². The van der Waals surface area contributed by atoms with Gasteiger partial charge < -0.3 is 14.5 Å². The van der Waals surface area contributed by atoms with E-state index in [4.69, 9.17) is 9.15 Å². The molecule has 0 aliphatic carbocycles. The van der Waals surface area contributed by atoms with E-state index in [9.17, 15) is 0 Å². The van der Waals surface area contributed by atoms with Crippen LogP contribution < -0.4 is 10.1 Å². The average molecular weight is 292 g/mol. The van der Waals surface area contributed by atoms with Gasteiger partial charge in [0, 0.05) is 6.20 Å². The van der Waals surface area contributed by atoms with Crippen molar-refractivity contribution in [2.24, 2.45) is 0 Å². The molecule has 108 valence electrons. The SMILES string of the molecule is CSCc1ccc(CNc2cccnc2OC(C)C)o1. The number of thioether (sulfide) groups is 1. The van der Waals surface area contributed by atoms with Crippen molar-refractivity contribution < 1.29 is 9.15 Å². The van der Waals surface area contributed by atoms with Gasteiger partial charge in [-0.3, -0.25) is 0 Å². The van der Waals surface area contributed by atoms with Crippen LogP contribution in [0.15, 0.2) is 34.9 Å². The van der Waals surface area contributed by atoms with E-state index in [0.29, 0.717) is 12.4 Å². The first kappa shape index (κ1) is 14.8. The lowest BCUT2D eigenvalue weighted by molar-refractivity contribution is 0.234. The van der Waals surface area contributed by atoms with Gasteiger partial charge in [0.15, 0.2) is 0 Å². The van der Waals surface area contributed by atoms with Gasteiger partial charge in [-0.05, 0) is 44.4 Å². The first-order chi connectivity index (χ1) is 9.69. The van der Waals surface area contributed by atoms with Crippen molar-refractivity contribution in [1.29, 1.82) is 0 Å². The second-order valence-corrected chi connectivity index (χ2v) is 5.54. The van der Waals surface area contributed by atoms with Crippen LogP contribution in [0.5, 0.6) is 5.88 Å². The number of anilines is 1. The monoisotopic (exact) mass is 292 g/mol. The summed E-state index contributed by atoms with van der Waals surface area (Å²) in [6, 6.07) is 7.85. The lowest BCUT2D eigenvalue weighted by atomic mass is 10.3. The summed E-state index contributed by atoms with van der Waals surface area (Å²) in [6.07, 6.45) is 3.89. The molecule has 0 radical (unpaired) electrons. The number of ether oxygens (including phenoxy) is 1. The fourth-order valence-electron chi connectivity index (χ4n) is 1.76. The molecule has 0 spiro atoms. The average Bonchev–Trinajstić information content (AvgIpc) is 2.85. The zero-order valence-corrected chi connectivity index (χ0v) is 12.9. The second-order valence-electron chi connectivity index (χ2n) is 4.68. The number of pyridine rings is 1. The van der Waals surface area contributed by atoms with E-state index in [0.717, 1.165) is 23.0 Å². The van der Waals surface area contributed by atoms with Gasteiger partial charge in [-0.15, -0.1) is 0 Å². The van der Waals surface area contributed by atoms with E-state index in [1.54, 1.807) is 18.0 Å². The van der Waals surface area contributed by atoms with Crippen molar-refractivity contribution in [3.8, 4) is 5.88 Å². The summed E-state index contributed by atoms with van der Waals surface area (Å²) in [6.45, 7) is 4.59. The Morgan fingerprint density at radius 1 is 1.30 bits per heavy atom. The third-order valence-corrected chi connectivity index (χ3v) is 3.15. The summed E-state index contributed by atoms with van der Waals surface area (Å²) in [4.78, 5) is 4.25. The molecule has 4 nitrogen and oxygen atoms in total. The molecule has 1 N–H and O–H groups in total. The molecule has 0 fully saturated rings. The molecule has 0 aliphatic heterocycles. The van der Waals surface area contributed by atoms with Gasteiger partial charge in [-0.1, -0.05) is 0 Å². The number of aromatic nitrogens is 1. The molecule has 0 amide bonds. The van der Waals surface area contributed by atoms with Gasteiger partial charge in [0.05, 0.1) is 24.1 Å². The molecule has 0 saturated heterocycles. The van der Waals surface area contributed by atoms with Crippen LogP contribution in [0.4, 0.5) is 5.69 Å². The highest BCUT2D eigenvalue weighted by Crippen LogP contribution is 2.23. The molecule has 0 bridgehead atoms. The summed E-state index contributed by atoms with van der Waals surface area (Å²) >= 11 is 1.75. The highest BCUT2D eigenvalue weighted by molar-refractivity contribution is 7.97. The standard InChI is InChI=1S/C15H20N2O2S/c1-11(2)18-15-14(5-4-8-16-15)17-9-12-6-7-13(19-12)10-20-3/h4-8,11,17H,9-10H2,1-3H3. The molecule has 2 rings (SSSR count). The molecule has 0 atom stereocenters. The number of hydrogen-bond acceptors (Lipinski definition) is 5. The Morgan fingerprint density at radius 2 is 2.10 bits per heavy atom. The van der Waals surface area contributed by atoms with Crippen molar-refractivity contribution in [2.45, 2.75) is 32.2 Å². The van der Waals surface area contributed by atoms with E-state index in [1.807, 2.05) is 38.1 Å². The van der Waals surface area contributed by atoms with Crippen molar-refractivity contribution in [3.05, 3.63) is 42.0 Å². The first-order valence-electron chi connectivity index (χ1n) is 6.61. The Hall–Kier alpha value is -1.62. The van der Waals surface area contributed by atoms with Crippen LogP contribution in [0, 0.1) is 0 Å². The van der Waals surface area contributed by atoms with Crippen molar-refractivity contribution in [1.82, 2.24) is 4.98 Å². The summed E-state index contributed by atoms with van der Waals surface area (Å²) in [5.74, 6) is 3.43. The number of nitrogens with zero attached hydrogens (tertiary/aromatic N) is 1. The second kappa shape index (κ2) is 7.24. The smallest absolute Gasteiger partial charge is 0.237 e. The van der Waals surface area contributed by atoms with Crippen LogP contribution in [0.25, 0.3) is 0 Å². The van der Waals surface area contributed by atoms with E-state index >= 15 is 0 Å². The Labute approximate surface area is 123 Å². The molecule has 2 aromatic heterocycles. The van der Waals surface area contributed by atoms with Gasteiger partial charge in [-0.2, -0.15) is 11.8 Å². The topological polar surface area (TPSA) is 47.3 Å². The van der Waals surface area contributed by atoms with E-state index < -0.39 is 0 Å². The van der Waals surface area contributed by atoms with Crippen LogP contribution in [0.3, 0.4) is 0 Å². The predicted octanol–water partition coefficient (Wildman–Crippen LogP) is 3.94. The Bertz CT molecular complexity index is 540. The van der Waals surface area contributed by atoms with Gasteiger partial charge in [-0.25, -0.2) is 4.98 Å². The fraction of sp³-hybridized carbons (Fsp3) is 0.400. The summed E-state index contributed by atoms with van der Waals surface area (Å²) in [5, 5.41) is 3.30. The third kappa shape index (κ3) is 4.20. The first-order valence-corrected chi connectivity index (χ1v) is 8.00. The number of rotatable bonds is 7. The van der Waals surface area contributed by atoms with Crippen molar-refractivity contribution >= 4 is 17.4 Å².